The van der Waals surface area contributed by atoms with E-state index in [0.717, 1.165) is 12.7 Å². The van der Waals surface area contributed by atoms with Gasteiger partial charge in [0.1, 0.15) is 0 Å². The number of sulfone groups is 1. The van der Waals surface area contributed by atoms with Gasteiger partial charge in [-0.1, -0.05) is 6.92 Å². The molecule has 0 heterocycles. The van der Waals surface area contributed by atoms with E-state index in [9.17, 15) is 13.2 Å². The number of hydrogen-bond acceptors (Lipinski definition) is 5. The Morgan fingerprint density at radius 1 is 1.30 bits per heavy atom. The number of nitrogen functional groups attached to an aromatic ring is 1. The Morgan fingerprint density at radius 2 is 2.00 bits per heavy atom. The Bertz CT molecular complexity index is 570. The molecule has 0 saturated carbocycles. The number of carbonyl (C=O) groups excluding carboxylic acids is 1. The lowest BCUT2D eigenvalue weighted by Gasteiger charge is -2.10. The third kappa shape index (κ3) is 5.08. The summed E-state index contributed by atoms with van der Waals surface area (Å²) in [5.74, 6) is -0.0225. The largest absolute Gasteiger partial charge is 0.397 e. The third-order valence-electron chi connectivity index (χ3n) is 2.69. The molecule has 6 nitrogen and oxygen atoms in total. The molecule has 0 saturated heterocycles. The van der Waals surface area contributed by atoms with Crippen LogP contribution in [0.4, 0.5) is 11.4 Å². The normalized spacial score (nSPS) is 11.1. The summed E-state index contributed by atoms with van der Waals surface area (Å²) in [5, 5.41) is 5.79. The molecule has 0 radical (unpaired) electrons. The van der Waals surface area contributed by atoms with Crippen molar-refractivity contribution < 1.29 is 13.2 Å². The molecule has 0 unspecified atom stereocenters. The lowest BCUT2D eigenvalue weighted by atomic mass is 10.2. The second kappa shape index (κ2) is 7.14. The number of amides is 1. The Morgan fingerprint density at radius 3 is 2.55 bits per heavy atom. The zero-order valence-corrected chi connectivity index (χ0v) is 12.6. The lowest BCUT2D eigenvalue weighted by molar-refractivity contribution is -0.120. The van der Waals surface area contributed by atoms with Gasteiger partial charge >= 0.3 is 0 Å². The molecule has 7 heteroatoms. The van der Waals surface area contributed by atoms with E-state index >= 15 is 0 Å². The van der Waals surface area contributed by atoms with Gasteiger partial charge in [0.05, 0.1) is 16.3 Å². The van der Waals surface area contributed by atoms with Gasteiger partial charge in [-0.25, -0.2) is 8.42 Å². The number of nitrogens with one attached hydrogen (secondary N) is 2. The molecule has 1 aromatic rings. The Labute approximate surface area is 119 Å². The monoisotopic (exact) mass is 299 g/mol. The van der Waals surface area contributed by atoms with Gasteiger partial charge in [0.25, 0.3) is 0 Å². The van der Waals surface area contributed by atoms with E-state index in [0.29, 0.717) is 30.9 Å². The molecule has 0 aliphatic carbocycles. The van der Waals surface area contributed by atoms with Crippen LogP contribution in [0.1, 0.15) is 19.8 Å². The van der Waals surface area contributed by atoms with E-state index in [1.54, 1.807) is 6.07 Å². The molecule has 0 fully saturated rings. The Balaban J connectivity index is 2.55. The lowest BCUT2D eigenvalue weighted by Crippen LogP contribution is -2.25. The molecule has 0 bridgehead atoms. The quantitative estimate of drug-likeness (QED) is 0.652. The van der Waals surface area contributed by atoms with Gasteiger partial charge in [0.15, 0.2) is 9.84 Å². The summed E-state index contributed by atoms with van der Waals surface area (Å²) in [6.07, 6.45) is 2.37. The van der Waals surface area contributed by atoms with Gasteiger partial charge < -0.3 is 16.4 Å². The number of hydrogen-bond donors (Lipinski definition) is 3. The van der Waals surface area contributed by atoms with Crippen molar-refractivity contribution in [1.29, 1.82) is 0 Å². The fourth-order valence-corrected chi connectivity index (χ4v) is 2.25. The van der Waals surface area contributed by atoms with Crippen LogP contribution in [0.2, 0.25) is 0 Å². The zero-order valence-electron chi connectivity index (χ0n) is 11.8. The molecular formula is C13H21N3O3S. The Hall–Kier alpha value is -1.76. The molecular weight excluding hydrogens is 278 g/mol. The van der Waals surface area contributed by atoms with Crippen molar-refractivity contribution in [2.75, 3.05) is 30.4 Å². The average Bonchev–Trinajstić information content (AvgIpc) is 2.37. The smallest absolute Gasteiger partial charge is 0.221 e. The van der Waals surface area contributed by atoms with Crippen molar-refractivity contribution in [3.05, 3.63) is 18.2 Å². The van der Waals surface area contributed by atoms with Crippen LogP contribution in [0.15, 0.2) is 23.1 Å². The van der Waals surface area contributed by atoms with Crippen LogP contribution in [0.3, 0.4) is 0 Å². The summed E-state index contributed by atoms with van der Waals surface area (Å²) in [5.41, 5.74) is 6.76. The van der Waals surface area contributed by atoms with Crippen molar-refractivity contribution in [3.63, 3.8) is 0 Å². The van der Waals surface area contributed by atoms with Crippen molar-refractivity contribution in [2.45, 2.75) is 24.7 Å². The third-order valence-corrected chi connectivity index (χ3v) is 3.80. The molecule has 1 aromatic carbocycles. The highest BCUT2D eigenvalue weighted by molar-refractivity contribution is 7.90. The van der Waals surface area contributed by atoms with Gasteiger partial charge in [-0.15, -0.1) is 0 Å². The molecule has 20 heavy (non-hydrogen) atoms. The molecule has 0 aromatic heterocycles. The van der Waals surface area contributed by atoms with Gasteiger partial charge in [0.2, 0.25) is 5.91 Å². The van der Waals surface area contributed by atoms with E-state index in [1.165, 1.54) is 12.1 Å². The van der Waals surface area contributed by atoms with Crippen LogP contribution in [-0.2, 0) is 14.6 Å². The summed E-state index contributed by atoms with van der Waals surface area (Å²) in [4.78, 5) is 11.6. The first-order chi connectivity index (χ1) is 9.34. The summed E-state index contributed by atoms with van der Waals surface area (Å²) in [6.45, 7) is 3.10. The van der Waals surface area contributed by atoms with E-state index < -0.39 is 9.84 Å². The van der Waals surface area contributed by atoms with Gasteiger partial charge in [-0.3, -0.25) is 4.79 Å². The van der Waals surface area contributed by atoms with Crippen molar-refractivity contribution in [2.24, 2.45) is 0 Å². The summed E-state index contributed by atoms with van der Waals surface area (Å²) < 4.78 is 22.7. The van der Waals surface area contributed by atoms with E-state index in [1.807, 2.05) is 6.92 Å². The van der Waals surface area contributed by atoms with Crippen LogP contribution in [-0.4, -0.2) is 33.7 Å². The van der Waals surface area contributed by atoms with E-state index in [-0.39, 0.29) is 10.8 Å². The standard InChI is InChI=1S/C13H21N3O3S/c1-3-7-16-13(17)6-8-15-12-5-4-10(9-11(12)14)20(2,18)19/h4-5,9,15H,3,6-8,14H2,1-2H3,(H,16,17). The summed E-state index contributed by atoms with van der Waals surface area (Å²) >= 11 is 0. The molecule has 0 aliphatic rings. The van der Waals surface area contributed by atoms with Crippen LogP contribution >= 0.6 is 0 Å². The SMILES string of the molecule is CCCNC(=O)CCNc1ccc(S(C)(=O)=O)cc1N. The predicted octanol–water partition coefficient (Wildman–Crippen LogP) is 1.00. The highest BCUT2D eigenvalue weighted by atomic mass is 32.2. The van der Waals surface area contributed by atoms with Crippen LogP contribution in [0, 0.1) is 0 Å². The maximum atomic E-state index is 11.4. The minimum absolute atomic E-state index is 0.0225. The molecule has 0 aliphatic heterocycles. The minimum Gasteiger partial charge on any atom is -0.397 e. The molecule has 0 spiro atoms. The molecule has 1 amide bonds. The van der Waals surface area contributed by atoms with Gasteiger partial charge in [-0.05, 0) is 24.6 Å². The van der Waals surface area contributed by atoms with E-state index in [4.69, 9.17) is 5.73 Å². The van der Waals surface area contributed by atoms with Gasteiger partial charge in [0, 0.05) is 25.8 Å². The number of nitrogens with two attached hydrogens (primary N) is 1. The predicted molar refractivity (Wildman–Crippen MR) is 80.4 cm³/mol. The van der Waals surface area contributed by atoms with Crippen molar-refractivity contribution in [1.82, 2.24) is 5.32 Å². The molecule has 1 rings (SSSR count). The molecule has 0 atom stereocenters. The first-order valence-corrected chi connectivity index (χ1v) is 8.34. The average molecular weight is 299 g/mol. The highest BCUT2D eigenvalue weighted by Gasteiger charge is 2.09. The van der Waals surface area contributed by atoms with Crippen LogP contribution in [0.25, 0.3) is 0 Å². The fraction of sp³-hybridized carbons (Fsp3) is 0.462. The maximum absolute atomic E-state index is 11.4. The van der Waals surface area contributed by atoms with Gasteiger partial charge in [-0.2, -0.15) is 0 Å². The van der Waals surface area contributed by atoms with Crippen LogP contribution in [0.5, 0.6) is 0 Å². The molecule has 4 N–H and O–H groups in total. The van der Waals surface area contributed by atoms with Crippen LogP contribution < -0.4 is 16.4 Å². The number of benzene rings is 1. The topological polar surface area (TPSA) is 101 Å². The maximum Gasteiger partial charge on any atom is 0.221 e. The fourth-order valence-electron chi connectivity index (χ4n) is 1.60. The van der Waals surface area contributed by atoms with E-state index in [2.05, 4.69) is 10.6 Å². The highest BCUT2D eigenvalue weighted by Crippen LogP contribution is 2.22. The summed E-state index contributed by atoms with van der Waals surface area (Å²) in [6, 6.07) is 4.51. The second-order valence-electron chi connectivity index (χ2n) is 4.55. The number of carbonyl (C=O) groups is 1. The Kier molecular flexibility index (Phi) is 5.82. The van der Waals surface area contributed by atoms with Crippen molar-refractivity contribution >= 4 is 27.1 Å². The van der Waals surface area contributed by atoms with Crippen molar-refractivity contribution in [3.8, 4) is 0 Å². The zero-order chi connectivity index (χ0) is 15.2. The second-order valence-corrected chi connectivity index (χ2v) is 6.56. The summed E-state index contributed by atoms with van der Waals surface area (Å²) in [7, 11) is -3.26. The molecule has 112 valence electrons. The minimum atomic E-state index is -3.26. The first kappa shape index (κ1) is 16.3. The number of anilines is 2. The first-order valence-electron chi connectivity index (χ1n) is 6.44. The number of rotatable bonds is 7.